The second-order valence-corrected chi connectivity index (χ2v) is 6.49. The molecule has 0 radical (unpaired) electrons. The lowest BCUT2D eigenvalue weighted by molar-refractivity contribution is -0.125. The minimum Gasteiger partial charge on any atom is -0.479 e. The first-order valence-corrected chi connectivity index (χ1v) is 8.49. The Morgan fingerprint density at radius 2 is 1.96 bits per heavy atom. The van der Waals surface area contributed by atoms with Gasteiger partial charge in [-0.3, -0.25) is 4.79 Å². The molecule has 1 heterocycles. The van der Waals surface area contributed by atoms with Gasteiger partial charge in [-0.05, 0) is 48.7 Å². The van der Waals surface area contributed by atoms with E-state index in [-0.39, 0.29) is 11.9 Å². The van der Waals surface area contributed by atoms with Gasteiger partial charge >= 0.3 is 0 Å². The zero-order valence-corrected chi connectivity index (χ0v) is 14.6. The van der Waals surface area contributed by atoms with E-state index >= 15 is 0 Å². The molecule has 2 atom stereocenters. The fraction of sp³-hybridized carbons (Fsp3) is 0.316. The first-order valence-electron chi connectivity index (χ1n) is 8.11. The Kier molecular flexibility index (Phi) is 4.78. The van der Waals surface area contributed by atoms with Crippen molar-refractivity contribution >= 4 is 23.2 Å². The van der Waals surface area contributed by atoms with Gasteiger partial charge in [-0.25, -0.2) is 0 Å². The monoisotopic (exact) mass is 344 g/mol. The highest BCUT2D eigenvalue weighted by Gasteiger charge is 2.32. The topological polar surface area (TPSA) is 55.6 Å². The van der Waals surface area contributed by atoms with Gasteiger partial charge in [-0.15, -0.1) is 0 Å². The molecule has 0 saturated carbocycles. The van der Waals surface area contributed by atoms with Gasteiger partial charge in [0, 0.05) is 11.1 Å². The predicted octanol–water partition coefficient (Wildman–Crippen LogP) is 4.06. The van der Waals surface area contributed by atoms with E-state index in [9.17, 15) is 4.79 Å². The molecule has 3 rings (SSSR count). The summed E-state index contributed by atoms with van der Waals surface area (Å²) in [6.07, 6.45) is 0.330. The maximum absolute atomic E-state index is 12.7. The van der Waals surface area contributed by atoms with Gasteiger partial charge in [0.25, 0.3) is 5.91 Å². The fourth-order valence-corrected chi connectivity index (χ4v) is 2.95. The molecule has 1 amide bonds. The van der Waals surface area contributed by atoms with Crippen LogP contribution in [0.4, 0.5) is 5.69 Å². The molecule has 0 aromatic heterocycles. The van der Waals surface area contributed by atoms with Crippen molar-refractivity contribution in [2.45, 2.75) is 39.0 Å². The molecule has 5 heteroatoms. The van der Waals surface area contributed by atoms with Crippen molar-refractivity contribution in [3.63, 3.8) is 0 Å². The number of halogens is 1. The van der Waals surface area contributed by atoms with Gasteiger partial charge in [0.2, 0.25) is 0 Å². The second-order valence-electron chi connectivity index (χ2n) is 6.05. The number of hydrogen-bond acceptors (Lipinski definition) is 3. The normalized spacial score (nSPS) is 18.1. The largest absolute Gasteiger partial charge is 0.479 e. The molecule has 0 spiro atoms. The molecule has 1 aliphatic rings. The van der Waals surface area contributed by atoms with Crippen LogP contribution in [-0.4, -0.2) is 12.0 Å². The number of anilines is 1. The highest BCUT2D eigenvalue weighted by atomic mass is 35.5. The molecule has 4 nitrogen and oxygen atoms in total. The number of carbonyl (C=O) groups is 1. The number of ether oxygens (including phenoxy) is 1. The number of hydrogen-bond donors (Lipinski definition) is 1. The maximum Gasteiger partial charge on any atom is 0.268 e. The highest BCUT2D eigenvalue weighted by molar-refractivity contribution is 6.30. The number of fused-ring (bicyclic) bond motifs is 1. The van der Waals surface area contributed by atoms with Crippen molar-refractivity contribution in [1.82, 2.24) is 0 Å². The fourth-order valence-electron chi connectivity index (χ4n) is 2.83. The van der Waals surface area contributed by atoms with Crippen LogP contribution in [-0.2, 0) is 11.3 Å². The Morgan fingerprint density at radius 3 is 2.62 bits per heavy atom. The highest BCUT2D eigenvalue weighted by Crippen LogP contribution is 2.37. The summed E-state index contributed by atoms with van der Waals surface area (Å²) < 4.78 is 5.75. The Morgan fingerprint density at radius 1 is 1.25 bits per heavy atom. The van der Waals surface area contributed by atoms with Crippen molar-refractivity contribution in [3.05, 3.63) is 58.6 Å². The first-order chi connectivity index (χ1) is 11.5. The van der Waals surface area contributed by atoms with Crippen molar-refractivity contribution in [2.75, 3.05) is 4.90 Å². The third-order valence-electron chi connectivity index (χ3n) is 4.31. The zero-order chi connectivity index (χ0) is 17.3. The summed E-state index contributed by atoms with van der Waals surface area (Å²) in [5, 5.41) is 0.678. The van der Waals surface area contributed by atoms with Gasteiger partial charge in [0.1, 0.15) is 5.75 Å². The van der Waals surface area contributed by atoms with E-state index < -0.39 is 6.10 Å². The molecule has 2 aromatic rings. The number of rotatable bonds is 4. The van der Waals surface area contributed by atoms with E-state index in [1.54, 1.807) is 11.8 Å². The van der Waals surface area contributed by atoms with E-state index in [4.69, 9.17) is 22.1 Å². The number of benzene rings is 2. The van der Waals surface area contributed by atoms with Crippen LogP contribution in [0.15, 0.2) is 42.5 Å². The van der Waals surface area contributed by atoms with Crippen molar-refractivity contribution in [2.24, 2.45) is 5.73 Å². The lowest BCUT2D eigenvalue weighted by atomic mass is 10.0. The number of carbonyl (C=O) groups excluding carboxylic acids is 1. The summed E-state index contributed by atoms with van der Waals surface area (Å²) >= 11 is 5.94. The van der Waals surface area contributed by atoms with Gasteiger partial charge in [-0.1, -0.05) is 36.7 Å². The summed E-state index contributed by atoms with van der Waals surface area (Å²) in [5.74, 6) is 0.655. The van der Waals surface area contributed by atoms with Crippen LogP contribution in [0.25, 0.3) is 0 Å². The number of nitrogens with zero attached hydrogens (tertiary/aromatic N) is 1. The molecule has 1 aliphatic heterocycles. The van der Waals surface area contributed by atoms with Crippen LogP contribution < -0.4 is 15.4 Å². The Bertz CT molecular complexity index is 746. The van der Waals surface area contributed by atoms with Crippen LogP contribution in [0.1, 0.15) is 37.4 Å². The minimum atomic E-state index is -0.504. The molecular formula is C19H21ClN2O2. The van der Waals surface area contributed by atoms with E-state index in [2.05, 4.69) is 0 Å². The minimum absolute atomic E-state index is 0.0536. The van der Waals surface area contributed by atoms with Crippen LogP contribution in [0.3, 0.4) is 0 Å². The predicted molar refractivity (Wildman–Crippen MR) is 96.4 cm³/mol. The van der Waals surface area contributed by atoms with E-state index in [0.29, 0.717) is 17.3 Å². The SMILES string of the molecule is CCC(N)c1ccc2c(c1)N(Cc1ccc(Cl)cc1)C(=O)C(C)O2. The average Bonchev–Trinajstić information content (AvgIpc) is 2.59. The third kappa shape index (κ3) is 3.25. The first kappa shape index (κ1) is 16.8. The maximum atomic E-state index is 12.7. The van der Waals surface area contributed by atoms with Gasteiger partial charge in [-0.2, -0.15) is 0 Å². The average molecular weight is 345 g/mol. The lowest BCUT2D eigenvalue weighted by Crippen LogP contribution is -2.44. The van der Waals surface area contributed by atoms with Crippen LogP contribution in [0.2, 0.25) is 5.02 Å². The van der Waals surface area contributed by atoms with E-state index in [0.717, 1.165) is 23.2 Å². The quantitative estimate of drug-likeness (QED) is 0.909. The molecule has 0 bridgehead atoms. The van der Waals surface area contributed by atoms with Crippen molar-refractivity contribution in [3.8, 4) is 5.75 Å². The summed E-state index contributed by atoms with van der Waals surface area (Å²) in [7, 11) is 0. The molecule has 2 aromatic carbocycles. The van der Waals surface area contributed by atoms with Gasteiger partial charge in [0.15, 0.2) is 6.10 Å². The lowest BCUT2D eigenvalue weighted by Gasteiger charge is -2.33. The smallest absolute Gasteiger partial charge is 0.268 e. The molecule has 126 valence electrons. The summed E-state index contributed by atoms with van der Waals surface area (Å²) in [4.78, 5) is 14.4. The van der Waals surface area contributed by atoms with Crippen LogP contribution in [0, 0.1) is 0 Å². The van der Waals surface area contributed by atoms with E-state index in [1.807, 2.05) is 49.4 Å². The summed E-state index contributed by atoms with van der Waals surface area (Å²) in [5.41, 5.74) is 8.93. The molecule has 2 unspecified atom stereocenters. The third-order valence-corrected chi connectivity index (χ3v) is 4.57. The Balaban J connectivity index is 1.98. The van der Waals surface area contributed by atoms with Gasteiger partial charge in [0.05, 0.1) is 12.2 Å². The summed E-state index contributed by atoms with van der Waals surface area (Å²) in [6, 6.07) is 13.3. The number of nitrogens with two attached hydrogens (primary N) is 1. The van der Waals surface area contributed by atoms with Crippen molar-refractivity contribution in [1.29, 1.82) is 0 Å². The van der Waals surface area contributed by atoms with Crippen LogP contribution in [0.5, 0.6) is 5.75 Å². The molecule has 2 N–H and O–H groups in total. The molecule has 0 fully saturated rings. The Hall–Kier alpha value is -2.04. The molecule has 24 heavy (non-hydrogen) atoms. The summed E-state index contributed by atoms with van der Waals surface area (Å²) in [6.45, 7) is 4.28. The second kappa shape index (κ2) is 6.83. The zero-order valence-electron chi connectivity index (χ0n) is 13.8. The van der Waals surface area contributed by atoms with Crippen molar-refractivity contribution < 1.29 is 9.53 Å². The van der Waals surface area contributed by atoms with E-state index in [1.165, 1.54) is 0 Å². The molecule has 0 aliphatic carbocycles. The standard InChI is InChI=1S/C19H21ClN2O2/c1-3-16(21)14-6-9-18-17(10-14)22(19(23)12(2)24-18)11-13-4-7-15(20)8-5-13/h4-10,12,16H,3,11,21H2,1-2H3. The number of amides is 1. The Labute approximate surface area is 147 Å². The van der Waals surface area contributed by atoms with Crippen LogP contribution >= 0.6 is 11.6 Å². The van der Waals surface area contributed by atoms with Gasteiger partial charge < -0.3 is 15.4 Å². The molecule has 0 saturated heterocycles. The molecular weight excluding hydrogens is 324 g/mol.